The van der Waals surface area contributed by atoms with Crippen molar-refractivity contribution < 1.29 is 0 Å². The van der Waals surface area contributed by atoms with Crippen LogP contribution in [0.4, 0.5) is 0 Å². The predicted octanol–water partition coefficient (Wildman–Crippen LogP) is 4.30. The van der Waals surface area contributed by atoms with Gasteiger partial charge in [0.05, 0.1) is 0 Å². The van der Waals surface area contributed by atoms with Gasteiger partial charge in [-0.3, -0.25) is 0 Å². The lowest BCUT2D eigenvalue weighted by atomic mass is 9.53. The quantitative estimate of drug-likeness (QED) is 0.554. The summed E-state index contributed by atoms with van der Waals surface area (Å²) in [6.07, 6.45) is 8.72. The Balaban J connectivity index is 2.24. The van der Waals surface area contributed by atoms with Gasteiger partial charge in [-0.2, -0.15) is 0 Å². The second kappa shape index (κ2) is 5.72. The van der Waals surface area contributed by atoms with E-state index in [9.17, 15) is 0 Å². The van der Waals surface area contributed by atoms with Gasteiger partial charge in [0, 0.05) is 0 Å². The first-order valence-corrected chi connectivity index (χ1v) is 6.03. The topological polar surface area (TPSA) is 0 Å². The maximum absolute atomic E-state index is 2.57. The van der Waals surface area contributed by atoms with E-state index in [1.165, 1.54) is 38.5 Å². The average molecular weight is 179 g/mol. The summed E-state index contributed by atoms with van der Waals surface area (Å²) in [7, 11) is 2.57. The van der Waals surface area contributed by atoms with Gasteiger partial charge in [0.15, 0.2) is 0 Å². The van der Waals surface area contributed by atoms with Crippen molar-refractivity contribution in [2.24, 2.45) is 5.92 Å². The number of hydrogen-bond acceptors (Lipinski definition) is 0. The second-order valence-corrected chi connectivity index (χ2v) is 5.16. The molecule has 0 atom stereocenters. The highest BCUT2D eigenvalue weighted by Gasteiger charge is 2.15. The van der Waals surface area contributed by atoms with Gasteiger partial charge < -0.3 is 0 Å². The molecule has 0 amide bonds. The molecule has 0 spiro atoms. The summed E-state index contributed by atoms with van der Waals surface area (Å²) < 4.78 is 0. The summed E-state index contributed by atoms with van der Waals surface area (Å²) in [5, 5.41) is 0. The minimum Gasteiger partial charge on any atom is -0.0742 e. The Kier molecular flexibility index (Phi) is 4.91. The average Bonchev–Trinajstić information content (AvgIpc) is 1.99. The van der Waals surface area contributed by atoms with Crippen molar-refractivity contribution >= 4 is 7.28 Å². The van der Waals surface area contributed by atoms with Gasteiger partial charge >= 0.3 is 0 Å². The van der Waals surface area contributed by atoms with E-state index in [1.54, 1.807) is 0 Å². The van der Waals surface area contributed by atoms with Crippen molar-refractivity contribution in [1.82, 2.24) is 0 Å². The Bertz CT molecular complexity index is 121. The SMILES string of the molecule is CC(C)[B]C1CCCC(C)CCC1. The lowest BCUT2D eigenvalue weighted by Gasteiger charge is -2.23. The van der Waals surface area contributed by atoms with Crippen LogP contribution in [0.5, 0.6) is 0 Å². The Morgan fingerprint density at radius 1 is 1.00 bits per heavy atom. The Morgan fingerprint density at radius 2 is 1.54 bits per heavy atom. The summed E-state index contributed by atoms with van der Waals surface area (Å²) in [5.41, 5.74) is 0. The minimum atomic E-state index is 0.779. The van der Waals surface area contributed by atoms with Crippen LogP contribution in [0.3, 0.4) is 0 Å². The molecule has 0 N–H and O–H groups in total. The van der Waals surface area contributed by atoms with Crippen LogP contribution in [-0.4, -0.2) is 7.28 Å². The van der Waals surface area contributed by atoms with E-state index in [4.69, 9.17) is 0 Å². The van der Waals surface area contributed by atoms with Crippen LogP contribution in [0.15, 0.2) is 0 Å². The molecular formula is C12H24B. The lowest BCUT2D eigenvalue weighted by Crippen LogP contribution is -2.11. The zero-order valence-corrected chi connectivity index (χ0v) is 9.55. The third kappa shape index (κ3) is 4.74. The molecule has 1 rings (SSSR count). The highest BCUT2D eigenvalue weighted by atomic mass is 14.1. The van der Waals surface area contributed by atoms with E-state index in [2.05, 4.69) is 28.1 Å². The Hall–Kier alpha value is 0.0649. The van der Waals surface area contributed by atoms with E-state index in [0.717, 1.165) is 17.6 Å². The summed E-state index contributed by atoms with van der Waals surface area (Å²) in [6.45, 7) is 7.02. The van der Waals surface area contributed by atoms with Gasteiger partial charge in [0.1, 0.15) is 7.28 Å². The predicted molar refractivity (Wildman–Crippen MR) is 61.5 cm³/mol. The van der Waals surface area contributed by atoms with E-state index in [1.807, 2.05) is 0 Å². The molecule has 0 aromatic rings. The molecule has 0 aromatic carbocycles. The third-order valence-corrected chi connectivity index (χ3v) is 3.20. The van der Waals surface area contributed by atoms with E-state index in [0.29, 0.717) is 0 Å². The first kappa shape index (κ1) is 11.1. The summed E-state index contributed by atoms with van der Waals surface area (Å²) in [5.74, 6) is 2.69. The van der Waals surface area contributed by atoms with E-state index in [-0.39, 0.29) is 0 Å². The molecule has 1 radical (unpaired) electrons. The van der Waals surface area contributed by atoms with Gasteiger partial charge in [-0.1, -0.05) is 70.9 Å². The fourth-order valence-corrected chi connectivity index (χ4v) is 2.48. The van der Waals surface area contributed by atoms with Gasteiger partial charge in [0.25, 0.3) is 0 Å². The molecule has 1 heteroatoms. The molecular weight excluding hydrogens is 155 g/mol. The maximum atomic E-state index is 2.57. The van der Waals surface area contributed by atoms with Crippen LogP contribution in [0.1, 0.15) is 59.3 Å². The van der Waals surface area contributed by atoms with Crippen molar-refractivity contribution in [3.8, 4) is 0 Å². The smallest absolute Gasteiger partial charge is 0.0742 e. The van der Waals surface area contributed by atoms with Crippen molar-refractivity contribution in [2.45, 2.75) is 70.9 Å². The molecule has 0 saturated heterocycles. The normalized spacial score (nSPS) is 31.1. The molecule has 75 valence electrons. The zero-order valence-electron chi connectivity index (χ0n) is 9.55. The van der Waals surface area contributed by atoms with Crippen molar-refractivity contribution in [3.63, 3.8) is 0 Å². The van der Waals surface area contributed by atoms with Gasteiger partial charge in [-0.25, -0.2) is 0 Å². The molecule has 1 fully saturated rings. The zero-order chi connectivity index (χ0) is 9.68. The minimum absolute atomic E-state index is 0.779. The van der Waals surface area contributed by atoms with Crippen LogP contribution in [0.2, 0.25) is 11.6 Å². The number of hydrogen-bond donors (Lipinski definition) is 0. The first-order chi connectivity index (χ1) is 6.18. The van der Waals surface area contributed by atoms with E-state index >= 15 is 0 Å². The summed E-state index contributed by atoms with van der Waals surface area (Å²) >= 11 is 0. The summed E-state index contributed by atoms with van der Waals surface area (Å²) in [6, 6.07) is 0. The lowest BCUT2D eigenvalue weighted by molar-refractivity contribution is 0.402. The monoisotopic (exact) mass is 179 g/mol. The molecule has 1 saturated carbocycles. The van der Waals surface area contributed by atoms with Gasteiger partial charge in [0.2, 0.25) is 0 Å². The molecule has 0 aliphatic heterocycles. The van der Waals surface area contributed by atoms with Gasteiger partial charge in [-0.15, -0.1) is 0 Å². The van der Waals surface area contributed by atoms with Crippen LogP contribution in [0, 0.1) is 5.92 Å². The summed E-state index contributed by atoms with van der Waals surface area (Å²) in [4.78, 5) is 0. The highest BCUT2D eigenvalue weighted by molar-refractivity contribution is 6.39. The third-order valence-electron chi connectivity index (χ3n) is 3.20. The molecule has 1 aliphatic carbocycles. The fourth-order valence-electron chi connectivity index (χ4n) is 2.48. The Labute approximate surface area is 84.7 Å². The molecule has 0 unspecified atom stereocenters. The highest BCUT2D eigenvalue weighted by Crippen LogP contribution is 2.30. The molecule has 0 aromatic heterocycles. The van der Waals surface area contributed by atoms with E-state index < -0.39 is 0 Å². The molecule has 13 heavy (non-hydrogen) atoms. The van der Waals surface area contributed by atoms with Crippen LogP contribution >= 0.6 is 0 Å². The van der Waals surface area contributed by atoms with Crippen LogP contribution in [0.25, 0.3) is 0 Å². The van der Waals surface area contributed by atoms with Crippen molar-refractivity contribution in [2.75, 3.05) is 0 Å². The molecule has 0 nitrogen and oxygen atoms in total. The first-order valence-electron chi connectivity index (χ1n) is 6.03. The molecule has 0 bridgehead atoms. The number of rotatable bonds is 2. The standard InChI is InChI=1S/C12H24B/c1-10(2)13-12-8-4-6-11(3)7-5-9-12/h10-12H,4-9H2,1-3H3. The van der Waals surface area contributed by atoms with Crippen LogP contribution < -0.4 is 0 Å². The van der Waals surface area contributed by atoms with Crippen molar-refractivity contribution in [3.05, 3.63) is 0 Å². The Morgan fingerprint density at radius 3 is 2.00 bits per heavy atom. The molecule has 0 heterocycles. The second-order valence-electron chi connectivity index (χ2n) is 5.16. The van der Waals surface area contributed by atoms with Crippen molar-refractivity contribution in [1.29, 1.82) is 0 Å². The molecule has 1 aliphatic rings. The van der Waals surface area contributed by atoms with Gasteiger partial charge in [-0.05, 0) is 5.92 Å². The van der Waals surface area contributed by atoms with Crippen LogP contribution in [-0.2, 0) is 0 Å². The fraction of sp³-hybridized carbons (Fsp3) is 1.00. The largest absolute Gasteiger partial charge is 0.117 e. The maximum Gasteiger partial charge on any atom is 0.117 e.